The van der Waals surface area contributed by atoms with E-state index in [1.807, 2.05) is 6.07 Å². The Labute approximate surface area is 108 Å². The summed E-state index contributed by atoms with van der Waals surface area (Å²) in [6.45, 7) is 2.54. The Hall–Kier alpha value is -1.11. The largest absolute Gasteiger partial charge is 0.497 e. The maximum atomic E-state index is 12.2. The Morgan fingerprint density at radius 2 is 2.06 bits per heavy atom. The van der Waals surface area contributed by atoms with Crippen molar-refractivity contribution in [3.8, 4) is 5.75 Å². The molecule has 0 atom stereocenters. The molecule has 0 amide bonds. The second-order valence-corrected chi connectivity index (χ2v) is 6.23. The van der Waals surface area contributed by atoms with E-state index in [4.69, 9.17) is 4.74 Å². The topological polar surface area (TPSA) is 58.6 Å². The zero-order valence-electron chi connectivity index (χ0n) is 10.4. The van der Waals surface area contributed by atoms with E-state index in [2.05, 4.69) is 5.32 Å². The average Bonchev–Trinajstić information content (AvgIpc) is 2.39. The fraction of sp³-hybridized carbons (Fsp3) is 0.500. The van der Waals surface area contributed by atoms with E-state index in [1.54, 1.807) is 29.6 Å². The molecule has 0 saturated carbocycles. The summed E-state index contributed by atoms with van der Waals surface area (Å²) in [4.78, 5) is 0. The molecule has 1 aliphatic heterocycles. The third kappa shape index (κ3) is 3.22. The van der Waals surface area contributed by atoms with Gasteiger partial charge in [0, 0.05) is 26.2 Å². The third-order valence-corrected chi connectivity index (χ3v) is 4.80. The van der Waals surface area contributed by atoms with Crippen molar-refractivity contribution in [3.63, 3.8) is 0 Å². The van der Waals surface area contributed by atoms with Crippen LogP contribution >= 0.6 is 0 Å². The lowest BCUT2D eigenvalue weighted by Gasteiger charge is -2.26. The molecule has 0 bridgehead atoms. The van der Waals surface area contributed by atoms with Crippen LogP contribution in [0.2, 0.25) is 0 Å². The number of ether oxygens (including phenoxy) is 1. The molecule has 18 heavy (non-hydrogen) atoms. The van der Waals surface area contributed by atoms with Crippen molar-refractivity contribution in [2.24, 2.45) is 0 Å². The van der Waals surface area contributed by atoms with Crippen molar-refractivity contribution in [3.05, 3.63) is 29.8 Å². The lowest BCUT2D eigenvalue weighted by Crippen LogP contribution is -2.46. The lowest BCUT2D eigenvalue weighted by molar-refractivity contribution is 0.359. The quantitative estimate of drug-likeness (QED) is 0.862. The predicted octanol–water partition coefficient (Wildman–Crippen LogP) is 0.430. The van der Waals surface area contributed by atoms with Gasteiger partial charge >= 0.3 is 0 Å². The number of methoxy groups -OCH3 is 1. The highest BCUT2D eigenvalue weighted by molar-refractivity contribution is 7.88. The highest BCUT2D eigenvalue weighted by Gasteiger charge is 2.23. The normalized spacial score (nSPS) is 17.6. The molecule has 0 aromatic heterocycles. The summed E-state index contributed by atoms with van der Waals surface area (Å²) < 4.78 is 31.1. The Bertz CT molecular complexity index is 496. The van der Waals surface area contributed by atoms with Crippen molar-refractivity contribution in [1.82, 2.24) is 9.62 Å². The van der Waals surface area contributed by atoms with Crippen LogP contribution in [-0.4, -0.2) is 46.0 Å². The van der Waals surface area contributed by atoms with Crippen LogP contribution < -0.4 is 10.1 Å². The van der Waals surface area contributed by atoms with E-state index in [9.17, 15) is 8.42 Å². The van der Waals surface area contributed by atoms with Gasteiger partial charge in [-0.1, -0.05) is 12.1 Å². The fourth-order valence-electron chi connectivity index (χ4n) is 1.99. The van der Waals surface area contributed by atoms with E-state index < -0.39 is 10.0 Å². The number of sulfonamides is 1. The minimum Gasteiger partial charge on any atom is -0.497 e. The van der Waals surface area contributed by atoms with Crippen LogP contribution in [0.25, 0.3) is 0 Å². The van der Waals surface area contributed by atoms with Gasteiger partial charge in [0.15, 0.2) is 0 Å². The van der Waals surface area contributed by atoms with Gasteiger partial charge in [0.05, 0.1) is 12.9 Å². The molecule has 1 aliphatic rings. The van der Waals surface area contributed by atoms with Gasteiger partial charge in [-0.25, -0.2) is 8.42 Å². The molecule has 1 heterocycles. The van der Waals surface area contributed by atoms with Gasteiger partial charge in [-0.3, -0.25) is 0 Å². The number of rotatable bonds is 4. The molecular formula is C12H18N2O3S. The van der Waals surface area contributed by atoms with Gasteiger partial charge in [-0.2, -0.15) is 4.31 Å². The summed E-state index contributed by atoms with van der Waals surface area (Å²) in [6.07, 6.45) is 0. The highest BCUT2D eigenvalue weighted by Crippen LogP contribution is 2.17. The molecule has 1 aromatic carbocycles. The first-order valence-corrected chi connectivity index (χ1v) is 7.54. The average molecular weight is 270 g/mol. The molecule has 100 valence electrons. The van der Waals surface area contributed by atoms with Gasteiger partial charge < -0.3 is 10.1 Å². The molecule has 1 N–H and O–H groups in total. The van der Waals surface area contributed by atoms with Crippen LogP contribution in [0.4, 0.5) is 0 Å². The summed E-state index contributed by atoms with van der Waals surface area (Å²) in [5.74, 6) is 0.715. The van der Waals surface area contributed by atoms with Crippen LogP contribution in [0.15, 0.2) is 24.3 Å². The minimum absolute atomic E-state index is 0.0319. The maximum absolute atomic E-state index is 12.2. The second kappa shape index (κ2) is 5.69. The zero-order valence-corrected chi connectivity index (χ0v) is 11.2. The Kier molecular flexibility index (Phi) is 4.21. The highest BCUT2D eigenvalue weighted by atomic mass is 32.2. The molecule has 5 nitrogen and oxygen atoms in total. The van der Waals surface area contributed by atoms with E-state index in [-0.39, 0.29) is 5.75 Å². The van der Waals surface area contributed by atoms with Crippen molar-refractivity contribution in [2.45, 2.75) is 5.75 Å². The first-order valence-electron chi connectivity index (χ1n) is 5.93. The third-order valence-electron chi connectivity index (χ3n) is 2.95. The molecule has 0 radical (unpaired) electrons. The minimum atomic E-state index is -3.22. The second-order valence-electron chi connectivity index (χ2n) is 4.26. The standard InChI is InChI=1S/C12H18N2O3S/c1-17-12-4-2-3-11(9-12)10-18(15,16)14-7-5-13-6-8-14/h2-4,9,13H,5-8,10H2,1H3. The van der Waals surface area contributed by atoms with Gasteiger partial charge in [0.1, 0.15) is 5.75 Å². The summed E-state index contributed by atoms with van der Waals surface area (Å²) in [7, 11) is -1.65. The van der Waals surface area contributed by atoms with Gasteiger partial charge in [0.2, 0.25) is 10.0 Å². The van der Waals surface area contributed by atoms with E-state index in [0.717, 1.165) is 18.7 Å². The molecule has 0 aliphatic carbocycles. The molecule has 0 spiro atoms. The first-order chi connectivity index (χ1) is 8.62. The molecular weight excluding hydrogens is 252 g/mol. The van der Waals surface area contributed by atoms with Crippen molar-refractivity contribution >= 4 is 10.0 Å². The summed E-state index contributed by atoms with van der Waals surface area (Å²) in [6, 6.07) is 7.18. The smallest absolute Gasteiger partial charge is 0.218 e. The van der Waals surface area contributed by atoms with E-state index >= 15 is 0 Å². The Balaban J connectivity index is 2.11. The number of nitrogens with one attached hydrogen (secondary N) is 1. The number of piperazine rings is 1. The van der Waals surface area contributed by atoms with Crippen LogP contribution in [-0.2, 0) is 15.8 Å². The van der Waals surface area contributed by atoms with Crippen LogP contribution in [0.3, 0.4) is 0 Å². The van der Waals surface area contributed by atoms with Crippen molar-refractivity contribution in [1.29, 1.82) is 0 Å². The van der Waals surface area contributed by atoms with E-state index in [1.165, 1.54) is 0 Å². The lowest BCUT2D eigenvalue weighted by atomic mass is 10.2. The SMILES string of the molecule is COc1cccc(CS(=O)(=O)N2CCNCC2)c1. The van der Waals surface area contributed by atoms with Gasteiger partial charge in [0.25, 0.3) is 0 Å². The molecule has 2 rings (SSSR count). The van der Waals surface area contributed by atoms with Crippen LogP contribution in [0.5, 0.6) is 5.75 Å². The predicted molar refractivity (Wildman–Crippen MR) is 70.1 cm³/mol. The van der Waals surface area contributed by atoms with Gasteiger partial charge in [-0.15, -0.1) is 0 Å². The van der Waals surface area contributed by atoms with Crippen molar-refractivity contribution in [2.75, 3.05) is 33.3 Å². The number of hydrogen-bond donors (Lipinski definition) is 1. The Morgan fingerprint density at radius 3 is 2.72 bits per heavy atom. The monoisotopic (exact) mass is 270 g/mol. The summed E-state index contributed by atoms with van der Waals surface area (Å²) in [5, 5.41) is 3.14. The van der Waals surface area contributed by atoms with Crippen molar-refractivity contribution < 1.29 is 13.2 Å². The summed E-state index contributed by atoms with van der Waals surface area (Å²) in [5.41, 5.74) is 0.757. The van der Waals surface area contributed by atoms with E-state index in [0.29, 0.717) is 18.8 Å². The molecule has 1 fully saturated rings. The number of hydrogen-bond acceptors (Lipinski definition) is 4. The first kappa shape index (κ1) is 13.3. The van der Waals surface area contributed by atoms with Crippen LogP contribution in [0, 0.1) is 0 Å². The van der Waals surface area contributed by atoms with Gasteiger partial charge in [-0.05, 0) is 17.7 Å². The molecule has 1 saturated heterocycles. The maximum Gasteiger partial charge on any atom is 0.218 e. The zero-order chi connectivity index (χ0) is 13.0. The molecule has 6 heteroatoms. The number of benzene rings is 1. The van der Waals surface area contributed by atoms with Crippen LogP contribution in [0.1, 0.15) is 5.56 Å². The number of nitrogens with zero attached hydrogens (tertiary/aromatic N) is 1. The fourth-order valence-corrected chi connectivity index (χ4v) is 3.51. The summed E-state index contributed by atoms with van der Waals surface area (Å²) >= 11 is 0. The molecule has 0 unspecified atom stereocenters. The molecule has 1 aromatic rings. The Morgan fingerprint density at radius 1 is 1.33 bits per heavy atom.